The van der Waals surface area contributed by atoms with Crippen LogP contribution in [0.5, 0.6) is 0 Å². The van der Waals surface area contributed by atoms with E-state index in [1.54, 1.807) is 13.8 Å². The maximum atomic E-state index is 12.6. The largest absolute Gasteiger partial charge is 0.325 e. The first-order valence-electron chi connectivity index (χ1n) is 9.15. The van der Waals surface area contributed by atoms with Crippen LogP contribution in [0.15, 0.2) is 23.1 Å². The lowest BCUT2D eigenvalue weighted by Gasteiger charge is -2.36. The van der Waals surface area contributed by atoms with Crippen molar-refractivity contribution >= 4 is 43.2 Å². The minimum Gasteiger partial charge on any atom is -0.325 e. The van der Waals surface area contributed by atoms with E-state index in [0.717, 1.165) is 4.31 Å². The van der Waals surface area contributed by atoms with Gasteiger partial charge in [0.1, 0.15) is 4.90 Å². The first-order chi connectivity index (χ1) is 13.4. The summed E-state index contributed by atoms with van der Waals surface area (Å²) in [6.07, 6.45) is 0. The highest BCUT2D eigenvalue weighted by Crippen LogP contribution is 2.27. The molecule has 164 valence electrons. The van der Waals surface area contributed by atoms with Crippen LogP contribution in [-0.4, -0.2) is 88.3 Å². The van der Waals surface area contributed by atoms with E-state index < -0.39 is 26.1 Å². The van der Waals surface area contributed by atoms with E-state index in [-0.39, 0.29) is 21.6 Å². The molecule has 0 bridgehead atoms. The highest BCUT2D eigenvalue weighted by molar-refractivity contribution is 7.89. The van der Waals surface area contributed by atoms with Crippen LogP contribution in [0.4, 0.5) is 5.69 Å². The topological polar surface area (TPSA) is 107 Å². The van der Waals surface area contributed by atoms with E-state index in [1.807, 2.05) is 4.90 Å². The Labute approximate surface area is 177 Å². The van der Waals surface area contributed by atoms with Gasteiger partial charge in [-0.3, -0.25) is 9.69 Å². The predicted molar refractivity (Wildman–Crippen MR) is 113 cm³/mol. The second kappa shape index (κ2) is 9.27. The van der Waals surface area contributed by atoms with Crippen molar-refractivity contribution in [2.24, 2.45) is 0 Å². The third kappa shape index (κ3) is 5.47. The third-order valence-corrected chi connectivity index (χ3v) is 9.09. The summed E-state index contributed by atoms with van der Waals surface area (Å²) >= 11 is 6.03. The fraction of sp³-hybridized carbons (Fsp3) is 0.588. The fourth-order valence-corrected chi connectivity index (χ4v) is 5.42. The van der Waals surface area contributed by atoms with Crippen LogP contribution >= 0.6 is 11.6 Å². The molecule has 29 heavy (non-hydrogen) atoms. The van der Waals surface area contributed by atoms with Gasteiger partial charge in [0.15, 0.2) is 0 Å². The molecular formula is C17H27ClN4O5S2. The van der Waals surface area contributed by atoms with E-state index in [2.05, 4.69) is 5.32 Å². The van der Waals surface area contributed by atoms with Crippen molar-refractivity contribution in [3.63, 3.8) is 0 Å². The Morgan fingerprint density at radius 1 is 1.17 bits per heavy atom. The molecular weight excluding hydrogens is 440 g/mol. The second-order valence-electron chi connectivity index (χ2n) is 6.93. The molecule has 1 atom stereocenters. The number of nitrogens with one attached hydrogen (secondary N) is 1. The molecule has 1 aromatic carbocycles. The number of halogens is 1. The SMILES string of the molecule is CCS(=O)(=O)N1CCN(C(C)C(=O)Nc2ccc(Cl)c(S(=O)(=O)N(C)C)c2)CC1. The molecule has 1 aromatic rings. The molecule has 1 aliphatic rings. The maximum absolute atomic E-state index is 12.6. The highest BCUT2D eigenvalue weighted by atomic mass is 35.5. The number of rotatable bonds is 7. The van der Waals surface area contributed by atoms with Gasteiger partial charge in [-0.2, -0.15) is 4.31 Å². The van der Waals surface area contributed by atoms with Gasteiger partial charge in [-0.05, 0) is 32.0 Å². The minimum absolute atomic E-state index is 0.0534. The van der Waals surface area contributed by atoms with Crippen LogP contribution in [-0.2, 0) is 24.8 Å². The maximum Gasteiger partial charge on any atom is 0.244 e. The summed E-state index contributed by atoms with van der Waals surface area (Å²) < 4.78 is 51.2. The van der Waals surface area contributed by atoms with Crippen molar-refractivity contribution in [3.05, 3.63) is 23.2 Å². The molecule has 1 unspecified atom stereocenters. The number of carbonyl (C=O) groups is 1. The molecule has 1 N–H and O–H groups in total. The van der Waals surface area contributed by atoms with E-state index in [9.17, 15) is 21.6 Å². The summed E-state index contributed by atoms with van der Waals surface area (Å²) in [7, 11) is -4.19. The van der Waals surface area contributed by atoms with Crippen molar-refractivity contribution in [3.8, 4) is 0 Å². The molecule has 0 radical (unpaired) electrons. The molecule has 1 amide bonds. The van der Waals surface area contributed by atoms with Gasteiger partial charge < -0.3 is 5.32 Å². The van der Waals surface area contributed by atoms with Crippen molar-refractivity contribution < 1.29 is 21.6 Å². The van der Waals surface area contributed by atoms with Gasteiger partial charge >= 0.3 is 0 Å². The smallest absolute Gasteiger partial charge is 0.244 e. The Morgan fingerprint density at radius 2 is 1.76 bits per heavy atom. The van der Waals surface area contributed by atoms with Gasteiger partial charge in [-0.25, -0.2) is 21.1 Å². The van der Waals surface area contributed by atoms with Crippen molar-refractivity contribution in [1.29, 1.82) is 0 Å². The van der Waals surface area contributed by atoms with Gasteiger partial charge in [0, 0.05) is 46.0 Å². The Bertz CT molecular complexity index is 958. The molecule has 2 rings (SSSR count). The molecule has 1 heterocycles. The molecule has 9 nitrogen and oxygen atoms in total. The quantitative estimate of drug-likeness (QED) is 0.639. The lowest BCUT2D eigenvalue weighted by molar-refractivity contribution is -0.121. The zero-order valence-corrected chi connectivity index (χ0v) is 19.3. The normalized spacial score (nSPS) is 18.0. The van der Waals surface area contributed by atoms with Crippen LogP contribution in [0.2, 0.25) is 5.02 Å². The van der Waals surface area contributed by atoms with E-state index >= 15 is 0 Å². The van der Waals surface area contributed by atoms with Gasteiger partial charge in [-0.1, -0.05) is 11.6 Å². The average molecular weight is 467 g/mol. The van der Waals surface area contributed by atoms with Crippen LogP contribution in [0.25, 0.3) is 0 Å². The van der Waals surface area contributed by atoms with Crippen molar-refractivity contribution in [2.75, 3.05) is 51.3 Å². The van der Waals surface area contributed by atoms with Crippen LogP contribution < -0.4 is 5.32 Å². The summed E-state index contributed by atoms with van der Waals surface area (Å²) in [5, 5.41) is 2.78. The summed E-state index contributed by atoms with van der Waals surface area (Å²) in [6.45, 7) is 4.88. The lowest BCUT2D eigenvalue weighted by atomic mass is 10.2. The number of anilines is 1. The van der Waals surface area contributed by atoms with Crippen molar-refractivity contribution in [2.45, 2.75) is 24.8 Å². The minimum atomic E-state index is -3.75. The number of carbonyl (C=O) groups excluding carboxylic acids is 1. The average Bonchev–Trinajstić information content (AvgIpc) is 2.68. The van der Waals surface area contributed by atoms with E-state index in [1.165, 1.54) is 36.6 Å². The predicted octanol–water partition coefficient (Wildman–Crippen LogP) is 0.885. The zero-order chi connectivity index (χ0) is 22.0. The van der Waals surface area contributed by atoms with Gasteiger partial charge in [0.2, 0.25) is 26.0 Å². The zero-order valence-electron chi connectivity index (χ0n) is 16.9. The molecule has 1 saturated heterocycles. The number of amides is 1. The molecule has 12 heteroatoms. The van der Waals surface area contributed by atoms with Gasteiger partial charge in [0.25, 0.3) is 0 Å². The van der Waals surface area contributed by atoms with E-state index in [0.29, 0.717) is 31.9 Å². The Kier molecular flexibility index (Phi) is 7.68. The fourth-order valence-electron chi connectivity index (χ4n) is 2.94. The number of hydrogen-bond donors (Lipinski definition) is 1. The molecule has 1 fully saturated rings. The Morgan fingerprint density at radius 3 is 2.28 bits per heavy atom. The third-order valence-electron chi connectivity index (χ3n) is 4.92. The molecule has 1 aliphatic heterocycles. The lowest BCUT2D eigenvalue weighted by Crippen LogP contribution is -2.54. The van der Waals surface area contributed by atoms with Gasteiger partial charge in [-0.15, -0.1) is 0 Å². The standard InChI is InChI=1S/C17H27ClN4O5S2/c1-5-28(24,25)22-10-8-21(9-11-22)13(2)17(23)19-14-6-7-15(18)16(12-14)29(26,27)20(3)4/h6-7,12-13H,5,8-11H2,1-4H3,(H,19,23). The summed E-state index contributed by atoms with van der Waals surface area (Å²) in [4.78, 5) is 14.5. The highest BCUT2D eigenvalue weighted by Gasteiger charge is 2.30. The number of sulfonamides is 2. The first-order valence-corrected chi connectivity index (χ1v) is 12.6. The Balaban J connectivity index is 2.08. The first kappa shape index (κ1) is 24.0. The number of hydrogen-bond acceptors (Lipinski definition) is 6. The summed E-state index contributed by atoms with van der Waals surface area (Å²) in [6, 6.07) is 3.78. The molecule has 0 spiro atoms. The molecule has 0 saturated carbocycles. The van der Waals surface area contributed by atoms with Crippen LogP contribution in [0.3, 0.4) is 0 Å². The van der Waals surface area contributed by atoms with Gasteiger partial charge in [0.05, 0.1) is 16.8 Å². The van der Waals surface area contributed by atoms with Crippen LogP contribution in [0, 0.1) is 0 Å². The monoisotopic (exact) mass is 466 g/mol. The summed E-state index contributed by atoms with van der Waals surface area (Å²) in [5.74, 6) is -0.259. The molecule has 0 aliphatic carbocycles. The number of benzene rings is 1. The summed E-state index contributed by atoms with van der Waals surface area (Å²) in [5.41, 5.74) is 0.318. The van der Waals surface area contributed by atoms with Crippen molar-refractivity contribution in [1.82, 2.24) is 13.5 Å². The number of piperazine rings is 1. The second-order valence-corrected chi connectivity index (χ2v) is 11.7. The Hall–Kier alpha value is -1.24. The van der Waals surface area contributed by atoms with E-state index in [4.69, 9.17) is 11.6 Å². The molecule has 0 aromatic heterocycles. The van der Waals surface area contributed by atoms with Crippen LogP contribution in [0.1, 0.15) is 13.8 Å². The number of nitrogens with zero attached hydrogens (tertiary/aromatic N) is 3.